The van der Waals surface area contributed by atoms with Crippen molar-refractivity contribution in [1.82, 2.24) is 9.78 Å². The normalized spacial score (nSPS) is 17.3. The van der Waals surface area contributed by atoms with Crippen molar-refractivity contribution in [3.8, 4) is 5.75 Å². The number of amides is 1. The standard InChI is InChI=1S/C22H31N3O3S/c1-4-6-7-13-28-17-11-9-16(10-12-17)20-19-21(23-18(26)14-29-20)25(24-22(19)27)15(3)8-5-2/h9-12,15,20H,4-8,13-14H2,1-3H3,(H,23,26)(H,24,27)/t15-,20-/m1/s1. The number of aromatic nitrogens is 2. The SMILES string of the molecule is CCCCCOc1ccc([C@H]2SCC(=O)Nc3c2c(=O)[nH]n3[C@H](C)CCC)cc1. The molecule has 0 bridgehead atoms. The van der Waals surface area contributed by atoms with Crippen molar-refractivity contribution in [1.29, 1.82) is 0 Å². The molecule has 1 aromatic heterocycles. The van der Waals surface area contributed by atoms with E-state index >= 15 is 0 Å². The minimum Gasteiger partial charge on any atom is -0.494 e. The lowest BCUT2D eigenvalue weighted by Gasteiger charge is -2.17. The maximum Gasteiger partial charge on any atom is 0.270 e. The third-order valence-electron chi connectivity index (χ3n) is 5.21. The molecule has 0 fully saturated rings. The molecule has 0 spiro atoms. The van der Waals surface area contributed by atoms with Crippen LogP contribution >= 0.6 is 11.8 Å². The monoisotopic (exact) mass is 417 g/mol. The summed E-state index contributed by atoms with van der Waals surface area (Å²) in [6.45, 7) is 7.06. The molecule has 29 heavy (non-hydrogen) atoms. The Morgan fingerprint density at radius 1 is 1.17 bits per heavy atom. The van der Waals surface area contributed by atoms with E-state index < -0.39 is 0 Å². The average molecular weight is 418 g/mol. The van der Waals surface area contributed by atoms with Crippen molar-refractivity contribution in [2.45, 2.75) is 64.2 Å². The minimum absolute atomic E-state index is 0.0777. The van der Waals surface area contributed by atoms with Crippen LogP contribution in [0.25, 0.3) is 0 Å². The van der Waals surface area contributed by atoms with Gasteiger partial charge in [-0.05, 0) is 37.5 Å². The van der Waals surface area contributed by atoms with Gasteiger partial charge in [0.25, 0.3) is 5.56 Å². The third kappa shape index (κ3) is 5.07. The number of carbonyl (C=O) groups is 1. The summed E-state index contributed by atoms with van der Waals surface area (Å²) >= 11 is 1.48. The van der Waals surface area contributed by atoms with E-state index in [9.17, 15) is 9.59 Å². The van der Waals surface area contributed by atoms with E-state index in [4.69, 9.17) is 4.74 Å². The van der Waals surface area contributed by atoms with E-state index in [2.05, 4.69) is 31.2 Å². The quantitative estimate of drug-likeness (QED) is 0.570. The molecule has 0 unspecified atom stereocenters. The number of nitrogens with one attached hydrogen (secondary N) is 2. The van der Waals surface area contributed by atoms with Crippen LogP contribution < -0.4 is 15.6 Å². The number of carbonyl (C=O) groups excluding carboxylic acids is 1. The van der Waals surface area contributed by atoms with Gasteiger partial charge in [0.1, 0.15) is 11.6 Å². The van der Waals surface area contributed by atoms with Crippen LogP contribution in [-0.4, -0.2) is 28.0 Å². The number of rotatable bonds is 9. The van der Waals surface area contributed by atoms with Gasteiger partial charge in [-0.25, -0.2) is 0 Å². The lowest BCUT2D eigenvalue weighted by atomic mass is 10.1. The van der Waals surface area contributed by atoms with Crippen LogP contribution in [0.1, 0.15) is 75.3 Å². The topological polar surface area (TPSA) is 76.1 Å². The molecule has 7 heteroatoms. The van der Waals surface area contributed by atoms with Gasteiger partial charge in [-0.15, -0.1) is 11.8 Å². The number of hydrogen-bond donors (Lipinski definition) is 2. The van der Waals surface area contributed by atoms with Crippen molar-refractivity contribution in [3.63, 3.8) is 0 Å². The van der Waals surface area contributed by atoms with E-state index in [1.807, 2.05) is 28.9 Å². The first kappa shape index (κ1) is 21.6. The Balaban J connectivity index is 1.87. The van der Waals surface area contributed by atoms with Crippen LogP contribution in [0.5, 0.6) is 5.75 Å². The Labute approximate surface area is 176 Å². The van der Waals surface area contributed by atoms with Gasteiger partial charge >= 0.3 is 0 Å². The molecule has 158 valence electrons. The second kappa shape index (κ2) is 10.1. The summed E-state index contributed by atoms with van der Waals surface area (Å²) in [7, 11) is 0. The van der Waals surface area contributed by atoms with E-state index in [-0.39, 0.29) is 22.8 Å². The second-order valence-corrected chi connectivity index (χ2v) is 8.67. The largest absolute Gasteiger partial charge is 0.494 e. The number of fused-ring (bicyclic) bond motifs is 1. The summed E-state index contributed by atoms with van der Waals surface area (Å²) in [5, 5.41) is 5.70. The van der Waals surface area contributed by atoms with Gasteiger partial charge in [0, 0.05) is 6.04 Å². The molecule has 2 atom stereocenters. The average Bonchev–Trinajstić information content (AvgIpc) is 2.92. The highest BCUT2D eigenvalue weighted by atomic mass is 32.2. The van der Waals surface area contributed by atoms with Crippen LogP contribution in [0.4, 0.5) is 5.82 Å². The van der Waals surface area contributed by atoms with Gasteiger partial charge in [-0.2, -0.15) is 0 Å². The fraction of sp³-hybridized carbons (Fsp3) is 0.545. The molecule has 2 N–H and O–H groups in total. The highest BCUT2D eigenvalue weighted by molar-refractivity contribution is 8.00. The molecule has 1 aliphatic heterocycles. The van der Waals surface area contributed by atoms with Crippen LogP contribution in [0.3, 0.4) is 0 Å². The third-order valence-corrected chi connectivity index (χ3v) is 6.48. The van der Waals surface area contributed by atoms with Crippen molar-refractivity contribution >= 4 is 23.5 Å². The molecule has 2 heterocycles. The summed E-state index contributed by atoms with van der Waals surface area (Å²) in [6, 6.07) is 8.01. The summed E-state index contributed by atoms with van der Waals surface area (Å²) < 4.78 is 7.63. The molecule has 0 aliphatic carbocycles. The maximum atomic E-state index is 12.8. The number of benzene rings is 1. The maximum absolute atomic E-state index is 12.8. The second-order valence-electron chi connectivity index (χ2n) is 7.57. The highest BCUT2D eigenvalue weighted by Crippen LogP contribution is 2.40. The zero-order valence-electron chi connectivity index (χ0n) is 17.5. The zero-order valence-corrected chi connectivity index (χ0v) is 18.3. The Bertz CT molecular complexity index is 872. The van der Waals surface area contributed by atoms with Crippen LogP contribution in [0.15, 0.2) is 29.1 Å². The Hall–Kier alpha value is -2.15. The predicted octanol–water partition coefficient (Wildman–Crippen LogP) is 4.88. The van der Waals surface area contributed by atoms with Gasteiger partial charge in [-0.3, -0.25) is 19.4 Å². The van der Waals surface area contributed by atoms with Crippen molar-refractivity contribution in [2.24, 2.45) is 0 Å². The van der Waals surface area contributed by atoms with Crippen molar-refractivity contribution < 1.29 is 9.53 Å². The minimum atomic E-state index is -0.197. The van der Waals surface area contributed by atoms with Gasteiger partial charge in [0.05, 0.1) is 23.2 Å². The number of thioether (sulfide) groups is 1. The van der Waals surface area contributed by atoms with Gasteiger partial charge in [0.2, 0.25) is 5.91 Å². The summed E-state index contributed by atoms with van der Waals surface area (Å²) in [6.07, 6.45) is 5.31. The number of unbranched alkanes of at least 4 members (excludes halogenated alkanes) is 2. The molecule has 0 radical (unpaired) electrons. The van der Waals surface area contributed by atoms with Crippen molar-refractivity contribution in [3.05, 3.63) is 45.7 Å². The molecule has 1 aromatic carbocycles. The number of hydrogen-bond acceptors (Lipinski definition) is 4. The molecule has 1 aliphatic rings. The number of anilines is 1. The first-order chi connectivity index (χ1) is 14.0. The smallest absolute Gasteiger partial charge is 0.270 e. The Kier molecular flexibility index (Phi) is 7.47. The molecule has 0 saturated heterocycles. The predicted molar refractivity (Wildman–Crippen MR) is 119 cm³/mol. The Morgan fingerprint density at radius 2 is 1.93 bits per heavy atom. The lowest BCUT2D eigenvalue weighted by molar-refractivity contribution is -0.113. The molecule has 1 amide bonds. The first-order valence-corrected chi connectivity index (χ1v) is 11.6. The Morgan fingerprint density at radius 3 is 2.62 bits per heavy atom. The number of H-pyrrole nitrogens is 1. The lowest BCUT2D eigenvalue weighted by Crippen LogP contribution is -2.18. The van der Waals surface area contributed by atoms with Crippen LogP contribution in [0.2, 0.25) is 0 Å². The number of ether oxygens (including phenoxy) is 1. The molecule has 3 rings (SSSR count). The molecule has 0 saturated carbocycles. The fourth-order valence-corrected chi connectivity index (χ4v) is 4.79. The van der Waals surface area contributed by atoms with Crippen LogP contribution in [0, 0.1) is 0 Å². The van der Waals surface area contributed by atoms with E-state index in [0.29, 0.717) is 23.7 Å². The first-order valence-electron chi connectivity index (χ1n) is 10.5. The summed E-state index contributed by atoms with van der Waals surface area (Å²) in [5.41, 5.74) is 1.49. The summed E-state index contributed by atoms with van der Waals surface area (Å²) in [4.78, 5) is 25.1. The molecule has 2 aromatic rings. The van der Waals surface area contributed by atoms with Crippen LogP contribution in [-0.2, 0) is 4.79 Å². The van der Waals surface area contributed by atoms with Gasteiger partial charge in [0.15, 0.2) is 0 Å². The van der Waals surface area contributed by atoms with Gasteiger partial charge in [-0.1, -0.05) is 45.2 Å². The molecule has 6 nitrogen and oxygen atoms in total. The number of nitrogens with zero attached hydrogens (tertiary/aromatic N) is 1. The van der Waals surface area contributed by atoms with E-state index in [0.717, 1.165) is 37.0 Å². The molecular weight excluding hydrogens is 386 g/mol. The number of aromatic amines is 1. The van der Waals surface area contributed by atoms with Gasteiger partial charge < -0.3 is 10.1 Å². The van der Waals surface area contributed by atoms with E-state index in [1.54, 1.807) is 0 Å². The summed E-state index contributed by atoms with van der Waals surface area (Å²) in [5.74, 6) is 1.68. The highest BCUT2D eigenvalue weighted by Gasteiger charge is 2.31. The fourth-order valence-electron chi connectivity index (χ4n) is 3.67. The molecular formula is C22H31N3O3S. The van der Waals surface area contributed by atoms with Crippen molar-refractivity contribution in [2.75, 3.05) is 17.7 Å². The zero-order chi connectivity index (χ0) is 20.8. The van der Waals surface area contributed by atoms with E-state index in [1.165, 1.54) is 18.2 Å².